The van der Waals surface area contributed by atoms with E-state index in [2.05, 4.69) is 31.6 Å². The quantitative estimate of drug-likeness (QED) is 0.279. The van der Waals surface area contributed by atoms with Gasteiger partial charge < -0.3 is 4.74 Å². The molecule has 0 bridgehead atoms. The van der Waals surface area contributed by atoms with E-state index in [4.69, 9.17) is 4.74 Å². The Hall–Kier alpha value is -3.98. The Bertz CT molecular complexity index is 1420. The van der Waals surface area contributed by atoms with Crippen molar-refractivity contribution in [1.29, 1.82) is 0 Å². The Morgan fingerprint density at radius 1 is 1.06 bits per heavy atom. The first-order valence-corrected chi connectivity index (χ1v) is 11.0. The second-order valence-electron chi connectivity index (χ2n) is 7.33. The number of carbonyl (C=O) groups is 1. The van der Waals surface area contributed by atoms with E-state index in [1.165, 1.54) is 28.9 Å². The van der Waals surface area contributed by atoms with Crippen LogP contribution < -0.4 is 15.7 Å². The predicted octanol–water partition coefficient (Wildman–Crippen LogP) is 4.90. The van der Waals surface area contributed by atoms with E-state index in [1.54, 1.807) is 62.6 Å². The van der Waals surface area contributed by atoms with Crippen molar-refractivity contribution in [1.82, 2.24) is 15.2 Å². The van der Waals surface area contributed by atoms with Crippen molar-refractivity contribution in [3.8, 4) is 22.7 Å². The van der Waals surface area contributed by atoms with Crippen molar-refractivity contribution in [3.05, 3.63) is 105 Å². The molecule has 4 aromatic rings. The highest BCUT2D eigenvalue weighted by molar-refractivity contribution is 9.10. The van der Waals surface area contributed by atoms with Gasteiger partial charge in [0.05, 0.1) is 35.3 Å². The van der Waals surface area contributed by atoms with E-state index < -0.39 is 17.3 Å². The second kappa shape index (κ2) is 9.88. The number of rotatable bonds is 6. The lowest BCUT2D eigenvalue weighted by Gasteiger charge is -2.06. The lowest BCUT2D eigenvalue weighted by atomic mass is 10.1. The summed E-state index contributed by atoms with van der Waals surface area (Å²) in [7, 11) is 1.57. The van der Waals surface area contributed by atoms with E-state index in [0.29, 0.717) is 38.4 Å². The molecule has 2 N–H and O–H groups in total. The van der Waals surface area contributed by atoms with Crippen LogP contribution in [-0.4, -0.2) is 28.5 Å². The van der Waals surface area contributed by atoms with Gasteiger partial charge in [-0.05, 0) is 83.5 Å². The van der Waals surface area contributed by atoms with Gasteiger partial charge in [-0.25, -0.2) is 14.5 Å². The molecule has 0 radical (unpaired) electrons. The Morgan fingerprint density at radius 3 is 2.38 bits per heavy atom. The van der Waals surface area contributed by atoms with Crippen LogP contribution in [0.1, 0.15) is 22.8 Å². The van der Waals surface area contributed by atoms with Crippen LogP contribution in [0.5, 0.6) is 5.75 Å². The first-order chi connectivity index (χ1) is 16.4. The third-order valence-corrected chi connectivity index (χ3v) is 5.85. The maximum absolute atomic E-state index is 13.4. The summed E-state index contributed by atoms with van der Waals surface area (Å²) in [4.78, 5) is 26.0. The van der Waals surface area contributed by atoms with Gasteiger partial charge in [-0.2, -0.15) is 5.10 Å². The van der Waals surface area contributed by atoms with Gasteiger partial charge in [0.15, 0.2) is 0 Å². The minimum absolute atomic E-state index is 0.266. The number of benzene rings is 3. The molecule has 0 aliphatic rings. The van der Waals surface area contributed by atoms with E-state index in [0.717, 1.165) is 0 Å². The highest BCUT2D eigenvalue weighted by Crippen LogP contribution is 2.24. The van der Waals surface area contributed by atoms with E-state index in [1.807, 2.05) is 0 Å². The number of aromatic amines is 1. The molecule has 1 aromatic heterocycles. The molecule has 0 atom stereocenters. The van der Waals surface area contributed by atoms with Crippen molar-refractivity contribution < 1.29 is 13.9 Å². The van der Waals surface area contributed by atoms with Crippen LogP contribution in [0.25, 0.3) is 16.9 Å². The molecule has 0 unspecified atom stereocenters. The molecular formula is C25H20BrFN4O3. The molecule has 0 spiro atoms. The number of nitrogens with zero attached hydrogens (tertiary/aromatic N) is 2. The summed E-state index contributed by atoms with van der Waals surface area (Å²) in [6, 6.07) is 19.6. The zero-order chi connectivity index (χ0) is 24.2. The number of hydrazone groups is 1. The number of nitrogens with one attached hydrogen (secondary N) is 2. The monoisotopic (exact) mass is 522 g/mol. The summed E-state index contributed by atoms with van der Waals surface area (Å²) < 4.78 is 20.6. The molecule has 1 amide bonds. The van der Waals surface area contributed by atoms with E-state index in [9.17, 15) is 14.0 Å². The molecule has 1 heterocycles. The molecule has 0 fully saturated rings. The summed E-state index contributed by atoms with van der Waals surface area (Å²) in [6.45, 7) is 1.63. The largest absolute Gasteiger partial charge is 0.497 e. The number of amides is 1. The Kier molecular flexibility index (Phi) is 6.74. The molecule has 0 aliphatic carbocycles. The maximum atomic E-state index is 13.4. The lowest BCUT2D eigenvalue weighted by molar-refractivity contribution is 0.0954. The van der Waals surface area contributed by atoms with Gasteiger partial charge in [0.25, 0.3) is 11.5 Å². The Morgan fingerprint density at radius 2 is 1.74 bits per heavy atom. The number of carbonyl (C=O) groups excluding carboxylic acids is 1. The molecule has 172 valence electrons. The van der Waals surface area contributed by atoms with Gasteiger partial charge in [0.1, 0.15) is 11.6 Å². The number of aromatic nitrogens is 2. The zero-order valence-corrected chi connectivity index (χ0v) is 19.9. The highest BCUT2D eigenvalue weighted by Gasteiger charge is 2.20. The fourth-order valence-electron chi connectivity index (χ4n) is 3.41. The van der Waals surface area contributed by atoms with Crippen LogP contribution in [0.15, 0.2) is 87.2 Å². The molecule has 9 heteroatoms. The van der Waals surface area contributed by atoms with Crippen LogP contribution in [0.2, 0.25) is 0 Å². The average Bonchev–Trinajstić information content (AvgIpc) is 3.20. The van der Waals surface area contributed by atoms with Crippen LogP contribution in [-0.2, 0) is 0 Å². The standard InChI is InChI=1S/C25H20BrFN4O3/c1-15(28-29-24(32)20-5-3-4-6-21(20)26)22-23(16-7-13-19(34-2)14-8-16)30-31(25(22)33)18-11-9-17(27)10-12-18/h3-14,30H,1-2H3,(H,29,32)/b28-15+. The second-order valence-corrected chi connectivity index (χ2v) is 8.18. The van der Waals surface area contributed by atoms with Crippen LogP contribution >= 0.6 is 15.9 Å². The fraction of sp³-hybridized carbons (Fsp3) is 0.0800. The van der Waals surface area contributed by atoms with Crippen molar-refractivity contribution in [2.75, 3.05) is 7.11 Å². The molecule has 3 aromatic carbocycles. The number of H-pyrrole nitrogens is 1. The minimum atomic E-state index is -0.424. The SMILES string of the molecule is COc1ccc(-c2[nH]n(-c3ccc(F)cc3)c(=O)c2/C(C)=N/NC(=O)c2ccccc2Br)cc1. The molecule has 4 rings (SSSR count). The molecule has 34 heavy (non-hydrogen) atoms. The highest BCUT2D eigenvalue weighted by atomic mass is 79.9. The lowest BCUT2D eigenvalue weighted by Crippen LogP contribution is -2.23. The number of ether oxygens (including phenoxy) is 1. The van der Waals surface area contributed by atoms with Crippen molar-refractivity contribution in [2.24, 2.45) is 5.10 Å². The third-order valence-electron chi connectivity index (χ3n) is 5.16. The number of methoxy groups -OCH3 is 1. The zero-order valence-electron chi connectivity index (χ0n) is 18.3. The number of hydrogen-bond donors (Lipinski definition) is 2. The summed E-state index contributed by atoms with van der Waals surface area (Å²) in [5, 5.41) is 7.28. The molecule has 0 aliphatic heterocycles. The normalized spacial score (nSPS) is 11.4. The summed E-state index contributed by atoms with van der Waals surface area (Å²) >= 11 is 3.34. The summed E-state index contributed by atoms with van der Waals surface area (Å²) in [5.41, 5.74) is 4.74. The predicted molar refractivity (Wildman–Crippen MR) is 132 cm³/mol. The first-order valence-electron chi connectivity index (χ1n) is 10.2. The van der Waals surface area contributed by atoms with Crippen molar-refractivity contribution in [3.63, 3.8) is 0 Å². The van der Waals surface area contributed by atoms with Crippen molar-refractivity contribution in [2.45, 2.75) is 6.92 Å². The van der Waals surface area contributed by atoms with Crippen molar-refractivity contribution >= 4 is 27.5 Å². The van der Waals surface area contributed by atoms with E-state index in [-0.39, 0.29) is 5.56 Å². The average molecular weight is 523 g/mol. The summed E-state index contributed by atoms with van der Waals surface area (Å²) in [6.07, 6.45) is 0. The van der Waals surface area contributed by atoms with Gasteiger partial charge in [-0.15, -0.1) is 0 Å². The Labute approximate surface area is 203 Å². The third kappa shape index (κ3) is 4.69. The fourth-order valence-corrected chi connectivity index (χ4v) is 3.87. The summed E-state index contributed by atoms with van der Waals surface area (Å²) in [5.74, 6) is -0.171. The smallest absolute Gasteiger partial charge is 0.281 e. The van der Waals surface area contributed by atoms with Gasteiger partial charge in [-0.1, -0.05) is 12.1 Å². The molecule has 7 nitrogen and oxygen atoms in total. The molecular weight excluding hydrogens is 503 g/mol. The van der Waals surface area contributed by atoms with Gasteiger partial charge in [0.2, 0.25) is 0 Å². The van der Waals surface area contributed by atoms with Gasteiger partial charge >= 0.3 is 0 Å². The van der Waals surface area contributed by atoms with Crippen LogP contribution in [0, 0.1) is 5.82 Å². The molecule has 0 saturated carbocycles. The topological polar surface area (TPSA) is 88.5 Å². The molecule has 0 saturated heterocycles. The Balaban J connectivity index is 1.78. The van der Waals surface area contributed by atoms with Gasteiger partial charge in [0, 0.05) is 10.0 Å². The van der Waals surface area contributed by atoms with Gasteiger partial charge in [-0.3, -0.25) is 14.7 Å². The van der Waals surface area contributed by atoms with Crippen LogP contribution in [0.4, 0.5) is 4.39 Å². The maximum Gasteiger partial charge on any atom is 0.281 e. The first kappa shape index (κ1) is 23.2. The number of halogens is 2. The van der Waals surface area contributed by atoms with E-state index >= 15 is 0 Å². The minimum Gasteiger partial charge on any atom is -0.497 e. The number of hydrogen-bond acceptors (Lipinski definition) is 4. The van der Waals surface area contributed by atoms with Crippen LogP contribution in [0.3, 0.4) is 0 Å².